The topological polar surface area (TPSA) is 151 Å². The molecule has 0 saturated carbocycles. The van der Waals surface area contributed by atoms with E-state index in [1.54, 1.807) is 0 Å². The molecule has 0 aromatic rings. The number of rotatable bonds is 83. The van der Waals surface area contributed by atoms with E-state index in [2.05, 4.69) is 122 Å². The number of carbonyl (C=O) groups is 3. The van der Waals surface area contributed by atoms with E-state index in [0.717, 1.165) is 167 Å². The zero-order valence-corrected chi connectivity index (χ0v) is 82.0. The molecule has 1 aliphatic rings. The average molecular weight is 1680 g/mol. The lowest BCUT2D eigenvalue weighted by Crippen LogP contribution is -2.50. The smallest absolute Gasteiger partial charge is 0.306 e. The number of hydrogen-bond donors (Lipinski definition) is 2. The Bertz CT molecular complexity index is 2100. The molecule has 4 atom stereocenters. The molecule has 18 heteroatoms. The standard InChI is InChI=1S/C96H194N4O10S2Si2/c1-16-21-26-31-36-39-42-47-57-79-106-92(103)69-60-63-88(102)84-99(83-87(101)62-49-48-54-68-94(105)108-89(64-50-43-34-29-24-19-4)65-51-44-35-30-25-20-5)72-56-59-82-112-111-81-58-55-71-97-74-76-98(77-75-97)78-80-107-93(104)70-61-73-100(85-90(109-113(12,13)95(6,7)8)66-52-45-40-37-32-27-22-17-2)86-91(110-114(14,15)96(9,10)11)67-53-46-41-38-33-28-23-18-3/h87-91,101-102H,16-86H2,1-15H3. The number of nitrogens with zero attached hydrogens (tertiary/aromatic N) is 4. The van der Waals surface area contributed by atoms with Crippen LogP contribution >= 0.6 is 21.6 Å². The Morgan fingerprint density at radius 2 is 0.658 bits per heavy atom. The molecule has 0 bridgehead atoms. The van der Waals surface area contributed by atoms with Crippen molar-refractivity contribution in [3.63, 3.8) is 0 Å². The molecule has 114 heavy (non-hydrogen) atoms. The van der Waals surface area contributed by atoms with Crippen LogP contribution in [0.5, 0.6) is 0 Å². The normalized spacial score (nSPS) is 14.7. The van der Waals surface area contributed by atoms with Gasteiger partial charge in [-0.3, -0.25) is 29.1 Å². The summed E-state index contributed by atoms with van der Waals surface area (Å²) in [6, 6.07) is 0. The molecule has 0 amide bonds. The summed E-state index contributed by atoms with van der Waals surface area (Å²) in [5.74, 6) is 1.91. The highest BCUT2D eigenvalue weighted by atomic mass is 33.1. The van der Waals surface area contributed by atoms with Crippen molar-refractivity contribution in [2.75, 3.05) is 103 Å². The number of ether oxygens (including phenoxy) is 3. The Kier molecular flexibility index (Phi) is 71.9. The first kappa shape index (κ1) is 111. The number of esters is 3. The second-order valence-corrected chi connectivity index (χ2v) is 50.4. The highest BCUT2D eigenvalue weighted by molar-refractivity contribution is 8.76. The first-order valence-electron chi connectivity index (χ1n) is 49.2. The quantitative estimate of drug-likeness (QED) is 0.0195. The fourth-order valence-corrected chi connectivity index (χ4v) is 20.4. The number of unbranched alkanes of at least 4 members (excludes halogenated alkanes) is 36. The van der Waals surface area contributed by atoms with Gasteiger partial charge in [0.25, 0.3) is 0 Å². The Hall–Kier alpha value is -0.776. The molecule has 0 radical (unpaired) electrons. The summed E-state index contributed by atoms with van der Waals surface area (Å²) in [4.78, 5) is 49.3. The van der Waals surface area contributed by atoms with E-state index in [9.17, 15) is 24.6 Å². The number of carbonyl (C=O) groups excluding carboxylic acids is 3. The Labute approximate surface area is 718 Å². The largest absolute Gasteiger partial charge is 0.466 e. The molecule has 2 N–H and O–H groups in total. The summed E-state index contributed by atoms with van der Waals surface area (Å²) in [7, 11) is -0.152. The number of hydrogen-bond acceptors (Lipinski definition) is 16. The van der Waals surface area contributed by atoms with Gasteiger partial charge in [-0.25, -0.2) is 0 Å². The van der Waals surface area contributed by atoms with Crippen LogP contribution in [-0.4, -0.2) is 198 Å². The maximum absolute atomic E-state index is 13.6. The molecule has 0 aromatic heterocycles. The van der Waals surface area contributed by atoms with Crippen LogP contribution in [-0.2, 0) is 37.4 Å². The lowest BCUT2D eigenvalue weighted by atomic mass is 10.0. The van der Waals surface area contributed by atoms with Crippen LogP contribution in [0.4, 0.5) is 0 Å². The molecule has 1 aliphatic heterocycles. The Morgan fingerprint density at radius 1 is 0.342 bits per heavy atom. The van der Waals surface area contributed by atoms with Crippen molar-refractivity contribution in [2.24, 2.45) is 0 Å². The van der Waals surface area contributed by atoms with E-state index >= 15 is 0 Å². The lowest BCUT2D eigenvalue weighted by molar-refractivity contribution is -0.150. The molecule has 1 rings (SSSR count). The molecular weight excluding hydrogens is 1490 g/mol. The minimum Gasteiger partial charge on any atom is -0.466 e. The van der Waals surface area contributed by atoms with Crippen molar-refractivity contribution >= 4 is 56.1 Å². The van der Waals surface area contributed by atoms with Crippen molar-refractivity contribution in [2.45, 2.75) is 496 Å². The molecule has 4 unspecified atom stereocenters. The highest BCUT2D eigenvalue weighted by Crippen LogP contribution is 2.40. The summed E-state index contributed by atoms with van der Waals surface area (Å²) >= 11 is 0. The SMILES string of the molecule is CCCCCCCCCCCOC(=O)CCCC(O)CN(CCCCSSCCCCN1CCN(CCOC(=O)CCCN(CC(CCCCCCCCCC)O[Si](C)(C)C(C)(C)C)CC(CCCCCCCCCC)O[Si](C)(C)C(C)(C)C)CC1)CC(O)CCCCCC(=O)OC(CCCCCCCC)CCCCCCCC. The summed E-state index contributed by atoms with van der Waals surface area (Å²) in [6.45, 7) is 46.7. The summed E-state index contributed by atoms with van der Waals surface area (Å²) in [5.41, 5.74) is 0. The van der Waals surface area contributed by atoms with Gasteiger partial charge in [0.15, 0.2) is 16.6 Å². The van der Waals surface area contributed by atoms with E-state index in [1.807, 2.05) is 21.6 Å². The fraction of sp³-hybridized carbons (Fsp3) is 0.969. The predicted molar refractivity (Wildman–Crippen MR) is 501 cm³/mol. The van der Waals surface area contributed by atoms with Gasteiger partial charge >= 0.3 is 17.9 Å². The van der Waals surface area contributed by atoms with Crippen molar-refractivity contribution in [3.8, 4) is 0 Å². The van der Waals surface area contributed by atoms with Gasteiger partial charge in [-0.15, -0.1) is 0 Å². The van der Waals surface area contributed by atoms with Crippen LogP contribution < -0.4 is 0 Å². The van der Waals surface area contributed by atoms with Crippen LogP contribution in [0.15, 0.2) is 0 Å². The van der Waals surface area contributed by atoms with Gasteiger partial charge in [0, 0.05) is 89.7 Å². The third-order valence-electron chi connectivity index (χ3n) is 25.0. The van der Waals surface area contributed by atoms with Crippen molar-refractivity contribution in [3.05, 3.63) is 0 Å². The molecule has 0 aromatic carbocycles. The van der Waals surface area contributed by atoms with Gasteiger partial charge in [-0.05, 0) is 159 Å². The van der Waals surface area contributed by atoms with Gasteiger partial charge in [0.05, 0.1) is 31.0 Å². The second-order valence-electron chi connectivity index (χ2n) is 38.2. The molecule has 14 nitrogen and oxygen atoms in total. The van der Waals surface area contributed by atoms with E-state index in [-0.39, 0.29) is 46.3 Å². The summed E-state index contributed by atoms with van der Waals surface area (Å²) in [6.07, 6.45) is 61.1. The molecule has 1 heterocycles. The third kappa shape index (κ3) is 65.0. The molecule has 0 spiro atoms. The molecule has 678 valence electrons. The highest BCUT2D eigenvalue weighted by Gasteiger charge is 2.41. The first-order valence-corrected chi connectivity index (χ1v) is 57.5. The lowest BCUT2D eigenvalue weighted by Gasteiger charge is -2.42. The van der Waals surface area contributed by atoms with Crippen LogP contribution in [0.2, 0.25) is 36.3 Å². The molecule has 0 aliphatic carbocycles. The maximum Gasteiger partial charge on any atom is 0.306 e. The van der Waals surface area contributed by atoms with Crippen LogP contribution in [0.25, 0.3) is 0 Å². The van der Waals surface area contributed by atoms with Crippen molar-refractivity contribution in [1.82, 2.24) is 19.6 Å². The molecule has 1 fully saturated rings. The van der Waals surface area contributed by atoms with E-state index in [0.29, 0.717) is 64.8 Å². The van der Waals surface area contributed by atoms with Crippen molar-refractivity contribution < 1.29 is 47.7 Å². The maximum atomic E-state index is 13.6. The second kappa shape index (κ2) is 73.7. The zero-order valence-electron chi connectivity index (χ0n) is 78.4. The van der Waals surface area contributed by atoms with E-state index < -0.39 is 28.8 Å². The molecule has 1 saturated heterocycles. The minimum atomic E-state index is -2.06. The van der Waals surface area contributed by atoms with Gasteiger partial charge in [0.2, 0.25) is 0 Å². The number of aliphatic hydroxyl groups excluding tert-OH is 2. The summed E-state index contributed by atoms with van der Waals surface area (Å²) < 4.78 is 32.5. The third-order valence-corrected chi connectivity index (χ3v) is 36.7. The fourth-order valence-electron chi connectivity index (χ4n) is 15.4. The first-order chi connectivity index (χ1) is 54.8. The van der Waals surface area contributed by atoms with Crippen LogP contribution in [0.3, 0.4) is 0 Å². The Morgan fingerprint density at radius 3 is 1.08 bits per heavy atom. The van der Waals surface area contributed by atoms with Gasteiger partial charge in [0.1, 0.15) is 12.7 Å². The zero-order chi connectivity index (χ0) is 84.1. The van der Waals surface area contributed by atoms with Gasteiger partial charge in [-0.2, -0.15) is 0 Å². The number of aliphatic hydroxyl groups is 2. The molecular formula is C96H194N4O10S2Si2. The summed E-state index contributed by atoms with van der Waals surface area (Å²) in [5, 5.41) is 22.9. The van der Waals surface area contributed by atoms with Crippen LogP contribution in [0, 0.1) is 0 Å². The van der Waals surface area contributed by atoms with E-state index in [4.69, 9.17) is 23.1 Å². The minimum absolute atomic E-state index is 0.0366. The van der Waals surface area contributed by atoms with E-state index in [1.165, 1.54) is 225 Å². The van der Waals surface area contributed by atoms with Gasteiger partial charge in [-0.1, -0.05) is 329 Å². The number of piperazine rings is 1. The van der Waals surface area contributed by atoms with Crippen LogP contribution in [0.1, 0.15) is 429 Å². The van der Waals surface area contributed by atoms with Crippen molar-refractivity contribution in [1.29, 1.82) is 0 Å². The van der Waals surface area contributed by atoms with Gasteiger partial charge < -0.3 is 38.2 Å². The predicted octanol–water partition coefficient (Wildman–Crippen LogP) is 26.6. The Balaban J connectivity index is 2.76. The monoisotopic (exact) mass is 1680 g/mol. The average Bonchev–Trinajstić information content (AvgIpc) is 0.829.